The van der Waals surface area contributed by atoms with Gasteiger partial charge in [-0.25, -0.2) is 0 Å². The van der Waals surface area contributed by atoms with Gasteiger partial charge in [-0.1, -0.05) is 37.6 Å². The lowest BCUT2D eigenvalue weighted by atomic mass is 10.1. The summed E-state index contributed by atoms with van der Waals surface area (Å²) < 4.78 is 5.06. The van der Waals surface area contributed by atoms with Gasteiger partial charge in [0.2, 0.25) is 0 Å². The van der Waals surface area contributed by atoms with Crippen LogP contribution in [0, 0.1) is 0 Å². The number of carbonyl (C=O) groups is 1. The topological polar surface area (TPSA) is 26.3 Å². The fourth-order valence-corrected chi connectivity index (χ4v) is 1.60. The van der Waals surface area contributed by atoms with Crippen molar-refractivity contribution in [3.8, 4) is 0 Å². The molecule has 0 aromatic heterocycles. The highest BCUT2D eigenvalue weighted by molar-refractivity contribution is 5.66. The summed E-state index contributed by atoms with van der Waals surface area (Å²) in [6.07, 6.45) is 15.4. The van der Waals surface area contributed by atoms with E-state index in [1.165, 1.54) is 19.8 Å². The molecule has 0 aliphatic rings. The quantitative estimate of drug-likeness (QED) is 0.338. The summed E-state index contributed by atoms with van der Waals surface area (Å²) in [4.78, 5) is 10.7. The summed E-state index contributed by atoms with van der Waals surface area (Å²) in [5.41, 5.74) is 0. The number of allylic oxidation sites excluding steroid dienone is 4. The van der Waals surface area contributed by atoms with Crippen LogP contribution < -0.4 is 0 Å². The zero-order chi connectivity index (χ0) is 12.9. The molecule has 1 atom stereocenters. The minimum absolute atomic E-state index is 0.0653. The van der Waals surface area contributed by atoms with Crippen molar-refractivity contribution in [2.45, 2.75) is 65.4 Å². The van der Waals surface area contributed by atoms with E-state index in [0.29, 0.717) is 0 Å². The second-order valence-electron chi connectivity index (χ2n) is 4.32. The molecule has 0 fully saturated rings. The van der Waals surface area contributed by atoms with Crippen LogP contribution in [0.4, 0.5) is 0 Å². The third-order valence-electron chi connectivity index (χ3n) is 2.47. The highest BCUT2D eigenvalue weighted by Crippen LogP contribution is 2.08. The first-order valence-corrected chi connectivity index (χ1v) is 6.65. The second kappa shape index (κ2) is 11.4. The number of esters is 1. The molecule has 0 amide bonds. The van der Waals surface area contributed by atoms with Crippen LogP contribution in [0.25, 0.3) is 0 Å². The summed E-state index contributed by atoms with van der Waals surface area (Å²) in [5, 5.41) is 0. The van der Waals surface area contributed by atoms with Gasteiger partial charge in [-0.2, -0.15) is 0 Å². The fourth-order valence-electron chi connectivity index (χ4n) is 1.60. The van der Waals surface area contributed by atoms with Gasteiger partial charge < -0.3 is 4.74 Å². The molecule has 2 heteroatoms. The standard InChI is InChI=1S/C15H26O2/c1-4-5-6-7-8-9-10-11-12-13-14(2)17-15(3)16/h5-8,14H,4,9-13H2,1-3H3/b6-5+,8-7?. The molecule has 0 N–H and O–H groups in total. The number of hydrogen-bond acceptors (Lipinski definition) is 2. The van der Waals surface area contributed by atoms with Gasteiger partial charge in [0, 0.05) is 6.92 Å². The minimum Gasteiger partial charge on any atom is -0.463 e. The van der Waals surface area contributed by atoms with Crippen LogP contribution >= 0.6 is 0 Å². The third kappa shape index (κ3) is 12.9. The van der Waals surface area contributed by atoms with Crippen molar-refractivity contribution in [1.29, 1.82) is 0 Å². The fraction of sp³-hybridized carbons (Fsp3) is 0.667. The van der Waals surface area contributed by atoms with E-state index >= 15 is 0 Å². The van der Waals surface area contributed by atoms with Crippen molar-refractivity contribution in [3.63, 3.8) is 0 Å². The average molecular weight is 238 g/mol. The number of unbranched alkanes of at least 4 members (excludes halogenated alkanes) is 3. The van der Waals surface area contributed by atoms with Crippen LogP contribution in [-0.4, -0.2) is 12.1 Å². The van der Waals surface area contributed by atoms with E-state index in [1.54, 1.807) is 0 Å². The molecule has 1 unspecified atom stereocenters. The Bertz CT molecular complexity index is 241. The maximum absolute atomic E-state index is 10.7. The molecule has 0 saturated heterocycles. The van der Waals surface area contributed by atoms with E-state index in [-0.39, 0.29) is 12.1 Å². The lowest BCUT2D eigenvalue weighted by Gasteiger charge is -2.10. The van der Waals surface area contributed by atoms with E-state index in [0.717, 1.165) is 25.7 Å². The minimum atomic E-state index is -0.178. The first kappa shape index (κ1) is 16.0. The Morgan fingerprint density at radius 3 is 2.53 bits per heavy atom. The first-order valence-electron chi connectivity index (χ1n) is 6.65. The van der Waals surface area contributed by atoms with Gasteiger partial charge in [-0.3, -0.25) is 4.79 Å². The maximum atomic E-state index is 10.7. The molecular weight excluding hydrogens is 212 g/mol. The Hall–Kier alpha value is -1.05. The van der Waals surface area contributed by atoms with E-state index in [4.69, 9.17) is 4.74 Å². The average Bonchev–Trinajstić information content (AvgIpc) is 2.26. The molecule has 2 nitrogen and oxygen atoms in total. The predicted octanol–water partition coefficient (Wildman–Crippen LogP) is 4.41. The molecule has 0 heterocycles. The Balaban J connectivity index is 3.31. The molecule has 0 radical (unpaired) electrons. The lowest BCUT2D eigenvalue weighted by molar-refractivity contribution is -0.145. The van der Waals surface area contributed by atoms with Gasteiger partial charge >= 0.3 is 5.97 Å². The molecule has 0 aromatic rings. The highest BCUT2D eigenvalue weighted by atomic mass is 16.5. The van der Waals surface area contributed by atoms with Crippen LogP contribution in [0.3, 0.4) is 0 Å². The van der Waals surface area contributed by atoms with Gasteiger partial charge in [-0.05, 0) is 39.0 Å². The summed E-state index contributed by atoms with van der Waals surface area (Å²) in [6, 6.07) is 0. The summed E-state index contributed by atoms with van der Waals surface area (Å²) in [7, 11) is 0. The van der Waals surface area contributed by atoms with E-state index < -0.39 is 0 Å². The van der Waals surface area contributed by atoms with Crippen LogP contribution in [0.2, 0.25) is 0 Å². The van der Waals surface area contributed by atoms with Gasteiger partial charge in [0.25, 0.3) is 0 Å². The van der Waals surface area contributed by atoms with Crippen molar-refractivity contribution in [2.75, 3.05) is 0 Å². The molecule has 0 aromatic carbocycles. The Morgan fingerprint density at radius 2 is 1.88 bits per heavy atom. The Morgan fingerprint density at radius 1 is 1.18 bits per heavy atom. The first-order chi connectivity index (χ1) is 8.16. The number of rotatable bonds is 9. The van der Waals surface area contributed by atoms with Crippen molar-refractivity contribution in [2.24, 2.45) is 0 Å². The lowest BCUT2D eigenvalue weighted by Crippen LogP contribution is -2.11. The molecule has 0 bridgehead atoms. The van der Waals surface area contributed by atoms with Crippen LogP contribution in [0.5, 0.6) is 0 Å². The third-order valence-corrected chi connectivity index (χ3v) is 2.47. The Kier molecular flexibility index (Phi) is 10.7. The zero-order valence-corrected chi connectivity index (χ0v) is 11.4. The molecule has 0 saturated carbocycles. The van der Waals surface area contributed by atoms with Gasteiger partial charge in [0.15, 0.2) is 0 Å². The SMILES string of the molecule is CC/C=C/C=CCCCCCC(C)OC(C)=O. The second-order valence-corrected chi connectivity index (χ2v) is 4.32. The van der Waals surface area contributed by atoms with Crippen LogP contribution in [0.1, 0.15) is 59.3 Å². The molecule has 17 heavy (non-hydrogen) atoms. The van der Waals surface area contributed by atoms with Crippen molar-refractivity contribution >= 4 is 5.97 Å². The molecule has 0 rings (SSSR count). The monoisotopic (exact) mass is 238 g/mol. The normalized spacial score (nSPS) is 13.4. The van der Waals surface area contributed by atoms with E-state index in [9.17, 15) is 4.79 Å². The zero-order valence-electron chi connectivity index (χ0n) is 11.4. The molecular formula is C15H26O2. The summed E-state index contributed by atoms with van der Waals surface area (Å²) in [6.45, 7) is 5.55. The van der Waals surface area contributed by atoms with Crippen LogP contribution in [-0.2, 0) is 9.53 Å². The smallest absolute Gasteiger partial charge is 0.302 e. The van der Waals surface area contributed by atoms with Crippen molar-refractivity contribution < 1.29 is 9.53 Å². The molecule has 0 aliphatic carbocycles. The van der Waals surface area contributed by atoms with Gasteiger partial charge in [0.05, 0.1) is 6.10 Å². The molecule has 0 spiro atoms. The largest absolute Gasteiger partial charge is 0.463 e. The summed E-state index contributed by atoms with van der Waals surface area (Å²) >= 11 is 0. The van der Waals surface area contributed by atoms with Crippen molar-refractivity contribution in [1.82, 2.24) is 0 Å². The maximum Gasteiger partial charge on any atom is 0.302 e. The highest BCUT2D eigenvalue weighted by Gasteiger charge is 2.03. The van der Waals surface area contributed by atoms with E-state index in [1.807, 2.05) is 6.92 Å². The molecule has 98 valence electrons. The van der Waals surface area contributed by atoms with Crippen LogP contribution in [0.15, 0.2) is 24.3 Å². The molecule has 0 aliphatic heterocycles. The number of hydrogen-bond donors (Lipinski definition) is 0. The Labute approximate surface area is 106 Å². The predicted molar refractivity (Wildman–Crippen MR) is 72.9 cm³/mol. The van der Waals surface area contributed by atoms with Gasteiger partial charge in [0.1, 0.15) is 0 Å². The number of carbonyl (C=O) groups excluding carboxylic acids is 1. The van der Waals surface area contributed by atoms with Gasteiger partial charge in [-0.15, -0.1) is 0 Å². The van der Waals surface area contributed by atoms with E-state index in [2.05, 4.69) is 31.2 Å². The van der Waals surface area contributed by atoms with Crippen molar-refractivity contribution in [3.05, 3.63) is 24.3 Å². The summed E-state index contributed by atoms with van der Waals surface area (Å²) in [5.74, 6) is -0.178. The number of ether oxygens (including phenoxy) is 1.